The summed E-state index contributed by atoms with van der Waals surface area (Å²) in [6.45, 7) is 4.17. The van der Waals surface area contributed by atoms with Crippen molar-refractivity contribution in [3.63, 3.8) is 0 Å². The Kier molecular flexibility index (Phi) is 5.02. The fourth-order valence-electron chi connectivity index (χ4n) is 3.37. The van der Waals surface area contributed by atoms with Crippen LogP contribution in [0.25, 0.3) is 0 Å². The van der Waals surface area contributed by atoms with Gasteiger partial charge in [0.1, 0.15) is 0 Å². The maximum atomic E-state index is 12.4. The van der Waals surface area contributed by atoms with Crippen LogP contribution in [0.3, 0.4) is 0 Å². The highest BCUT2D eigenvalue weighted by Crippen LogP contribution is 2.21. The van der Waals surface area contributed by atoms with Crippen molar-refractivity contribution in [2.45, 2.75) is 12.8 Å². The summed E-state index contributed by atoms with van der Waals surface area (Å²) in [5.74, 6) is -0.0646. The minimum Gasteiger partial charge on any atom is -0.340 e. The first-order valence-corrected chi connectivity index (χ1v) is 10.1. The van der Waals surface area contributed by atoms with Gasteiger partial charge in [-0.2, -0.15) is 0 Å². The Morgan fingerprint density at radius 1 is 1.09 bits per heavy atom. The van der Waals surface area contributed by atoms with Gasteiger partial charge in [0.25, 0.3) is 0 Å². The third-order valence-corrected chi connectivity index (χ3v) is 6.59. The van der Waals surface area contributed by atoms with Crippen LogP contribution in [-0.2, 0) is 21.1 Å². The lowest BCUT2D eigenvalue weighted by Gasteiger charge is -2.35. The van der Waals surface area contributed by atoms with E-state index in [4.69, 9.17) is 0 Å². The number of nitrogens with zero attached hydrogens (tertiary/aromatic N) is 2. The SMILES string of the molecule is O=C([C@H]1CCS(=O)(=O)C1)N1CCN(CCc2ccccc2)CC1. The van der Waals surface area contributed by atoms with Gasteiger partial charge in [0.2, 0.25) is 5.91 Å². The van der Waals surface area contributed by atoms with Crippen LogP contribution in [-0.4, -0.2) is 68.4 Å². The minimum atomic E-state index is -2.99. The van der Waals surface area contributed by atoms with E-state index in [1.165, 1.54) is 5.56 Å². The Morgan fingerprint density at radius 2 is 1.78 bits per heavy atom. The van der Waals surface area contributed by atoms with E-state index in [1.54, 1.807) is 0 Å². The molecule has 0 unspecified atom stereocenters. The predicted molar refractivity (Wildman–Crippen MR) is 89.9 cm³/mol. The van der Waals surface area contributed by atoms with E-state index in [0.29, 0.717) is 19.5 Å². The number of amides is 1. The average molecular weight is 336 g/mol. The summed E-state index contributed by atoms with van der Waals surface area (Å²) in [7, 11) is -2.99. The quantitative estimate of drug-likeness (QED) is 0.816. The Bertz CT molecular complexity index is 637. The van der Waals surface area contributed by atoms with Crippen molar-refractivity contribution in [2.75, 3.05) is 44.2 Å². The Balaban J connectivity index is 1.44. The van der Waals surface area contributed by atoms with Gasteiger partial charge in [0.05, 0.1) is 17.4 Å². The number of piperazine rings is 1. The molecule has 0 radical (unpaired) electrons. The highest BCUT2D eigenvalue weighted by atomic mass is 32.2. The zero-order valence-electron chi connectivity index (χ0n) is 13.4. The van der Waals surface area contributed by atoms with Crippen LogP contribution >= 0.6 is 0 Å². The number of hydrogen-bond donors (Lipinski definition) is 0. The van der Waals surface area contributed by atoms with Crippen molar-refractivity contribution >= 4 is 15.7 Å². The molecule has 0 saturated carbocycles. The lowest BCUT2D eigenvalue weighted by molar-refractivity contribution is -0.136. The fraction of sp³-hybridized carbons (Fsp3) is 0.588. The molecule has 0 spiro atoms. The Labute approximate surface area is 138 Å². The number of carbonyl (C=O) groups excluding carboxylic acids is 1. The van der Waals surface area contributed by atoms with E-state index in [2.05, 4.69) is 29.2 Å². The summed E-state index contributed by atoms with van der Waals surface area (Å²) in [6, 6.07) is 10.4. The monoisotopic (exact) mass is 336 g/mol. The molecular formula is C17H24N2O3S. The van der Waals surface area contributed by atoms with Gasteiger partial charge in [-0.15, -0.1) is 0 Å². The van der Waals surface area contributed by atoms with Crippen LogP contribution in [0.15, 0.2) is 30.3 Å². The van der Waals surface area contributed by atoms with Gasteiger partial charge in [-0.05, 0) is 18.4 Å². The molecule has 2 fully saturated rings. The van der Waals surface area contributed by atoms with E-state index < -0.39 is 9.84 Å². The third-order valence-electron chi connectivity index (χ3n) is 4.83. The standard InChI is InChI=1S/C17H24N2O3S/c20-17(16-7-13-23(21,22)14-16)19-11-9-18(10-12-19)8-6-15-4-2-1-3-5-15/h1-5,16H,6-14H2/t16-/m0/s1. The number of carbonyl (C=O) groups is 1. The van der Waals surface area contributed by atoms with E-state index in [-0.39, 0.29) is 23.3 Å². The van der Waals surface area contributed by atoms with Gasteiger partial charge in [-0.25, -0.2) is 8.42 Å². The second kappa shape index (κ2) is 7.01. The van der Waals surface area contributed by atoms with E-state index >= 15 is 0 Å². The molecule has 0 aromatic heterocycles. The second-order valence-corrected chi connectivity index (χ2v) is 8.73. The van der Waals surface area contributed by atoms with E-state index in [0.717, 1.165) is 26.1 Å². The molecule has 3 rings (SSSR count). The molecule has 2 aliphatic heterocycles. The minimum absolute atomic E-state index is 0.0359. The molecule has 0 aliphatic carbocycles. The zero-order chi connectivity index (χ0) is 16.3. The molecule has 1 amide bonds. The normalized spacial score (nSPS) is 24.7. The highest BCUT2D eigenvalue weighted by Gasteiger charge is 2.36. The van der Waals surface area contributed by atoms with E-state index in [1.807, 2.05) is 11.0 Å². The first kappa shape index (κ1) is 16.5. The van der Waals surface area contributed by atoms with Crippen molar-refractivity contribution < 1.29 is 13.2 Å². The summed E-state index contributed by atoms with van der Waals surface area (Å²) >= 11 is 0. The van der Waals surface area contributed by atoms with E-state index in [9.17, 15) is 13.2 Å². The molecule has 0 N–H and O–H groups in total. The van der Waals surface area contributed by atoms with Gasteiger partial charge in [0.15, 0.2) is 9.84 Å². The van der Waals surface area contributed by atoms with Crippen LogP contribution in [0.1, 0.15) is 12.0 Å². The maximum Gasteiger partial charge on any atom is 0.226 e. The van der Waals surface area contributed by atoms with Crippen molar-refractivity contribution in [3.05, 3.63) is 35.9 Å². The molecule has 6 heteroatoms. The largest absolute Gasteiger partial charge is 0.340 e. The molecule has 1 aromatic carbocycles. The fourth-order valence-corrected chi connectivity index (χ4v) is 5.10. The molecule has 1 atom stereocenters. The number of benzene rings is 1. The van der Waals surface area contributed by atoms with Crippen LogP contribution in [0.5, 0.6) is 0 Å². The van der Waals surface area contributed by atoms with Crippen molar-refractivity contribution in [3.8, 4) is 0 Å². The van der Waals surface area contributed by atoms with Crippen LogP contribution in [0.4, 0.5) is 0 Å². The first-order valence-electron chi connectivity index (χ1n) is 8.29. The van der Waals surface area contributed by atoms with Crippen molar-refractivity contribution in [1.82, 2.24) is 9.80 Å². The molecule has 0 bridgehead atoms. The zero-order valence-corrected chi connectivity index (χ0v) is 14.2. The molecule has 126 valence electrons. The number of hydrogen-bond acceptors (Lipinski definition) is 4. The molecule has 2 heterocycles. The summed E-state index contributed by atoms with van der Waals surface area (Å²) in [5.41, 5.74) is 1.34. The number of rotatable bonds is 4. The average Bonchev–Trinajstić information content (AvgIpc) is 2.94. The summed E-state index contributed by atoms with van der Waals surface area (Å²) in [5, 5.41) is 0. The van der Waals surface area contributed by atoms with Crippen LogP contribution in [0, 0.1) is 5.92 Å². The topological polar surface area (TPSA) is 57.7 Å². The number of sulfone groups is 1. The van der Waals surface area contributed by atoms with Gasteiger partial charge in [-0.1, -0.05) is 30.3 Å². The van der Waals surface area contributed by atoms with Crippen molar-refractivity contribution in [1.29, 1.82) is 0 Å². The summed E-state index contributed by atoms with van der Waals surface area (Å²) < 4.78 is 23.0. The smallest absolute Gasteiger partial charge is 0.226 e. The van der Waals surface area contributed by atoms with Gasteiger partial charge < -0.3 is 4.90 Å². The molecule has 23 heavy (non-hydrogen) atoms. The Morgan fingerprint density at radius 3 is 2.39 bits per heavy atom. The van der Waals surface area contributed by atoms with Crippen molar-refractivity contribution in [2.24, 2.45) is 5.92 Å². The third kappa shape index (κ3) is 4.32. The molecule has 2 aliphatic rings. The molecule has 1 aromatic rings. The predicted octanol–water partition coefficient (Wildman–Crippen LogP) is 0.808. The molecule has 2 saturated heterocycles. The van der Waals surface area contributed by atoms with Crippen LogP contribution < -0.4 is 0 Å². The van der Waals surface area contributed by atoms with Gasteiger partial charge >= 0.3 is 0 Å². The highest BCUT2D eigenvalue weighted by molar-refractivity contribution is 7.91. The first-order chi connectivity index (χ1) is 11.0. The lowest BCUT2D eigenvalue weighted by Crippen LogP contribution is -2.50. The van der Waals surface area contributed by atoms with Gasteiger partial charge in [-0.3, -0.25) is 9.69 Å². The summed E-state index contributed by atoms with van der Waals surface area (Å²) in [4.78, 5) is 16.6. The van der Waals surface area contributed by atoms with Gasteiger partial charge in [0, 0.05) is 32.7 Å². The lowest BCUT2D eigenvalue weighted by atomic mass is 10.1. The summed E-state index contributed by atoms with van der Waals surface area (Å²) in [6.07, 6.45) is 1.52. The molecule has 5 nitrogen and oxygen atoms in total. The Hall–Kier alpha value is -1.40. The van der Waals surface area contributed by atoms with Crippen LogP contribution in [0.2, 0.25) is 0 Å². The molecular weight excluding hydrogens is 312 g/mol. The maximum absolute atomic E-state index is 12.4. The second-order valence-electron chi connectivity index (χ2n) is 6.50.